The number of nitrogens with one attached hydrogen (secondary N) is 1. The fourth-order valence-corrected chi connectivity index (χ4v) is 4.79. The molecule has 0 atom stereocenters. The highest BCUT2D eigenvalue weighted by Gasteiger charge is 2.23. The standard InChI is InChI=1S/C27H26N2O3S/c1-6-32-27(31)24-17(4)18(5)33-26(24)29-25(30)21-14-23(19-12-11-15(2)16(3)13-19)28-22-10-8-7-9-20(21)22/h7-14H,6H2,1-5H3,(H,29,30). The summed E-state index contributed by atoms with van der Waals surface area (Å²) in [4.78, 5) is 31.8. The zero-order valence-electron chi connectivity index (χ0n) is 19.4. The molecule has 0 aliphatic heterocycles. The van der Waals surface area contributed by atoms with Crippen molar-refractivity contribution in [1.29, 1.82) is 0 Å². The third kappa shape index (κ3) is 4.39. The Hall–Kier alpha value is -3.51. The molecule has 0 fully saturated rings. The molecule has 168 valence electrons. The minimum absolute atomic E-state index is 0.273. The molecular weight excluding hydrogens is 432 g/mol. The zero-order valence-corrected chi connectivity index (χ0v) is 20.2. The molecule has 0 unspecified atom stereocenters. The summed E-state index contributed by atoms with van der Waals surface area (Å²) in [7, 11) is 0. The Balaban J connectivity index is 1.80. The highest BCUT2D eigenvalue weighted by atomic mass is 32.1. The number of para-hydroxylation sites is 1. The van der Waals surface area contributed by atoms with Crippen molar-refractivity contribution >= 4 is 39.1 Å². The SMILES string of the molecule is CCOC(=O)c1c(NC(=O)c2cc(-c3ccc(C)c(C)c3)nc3ccccc23)sc(C)c1C. The lowest BCUT2D eigenvalue weighted by Crippen LogP contribution is -2.15. The van der Waals surface area contributed by atoms with Crippen LogP contribution in [0.2, 0.25) is 0 Å². The van der Waals surface area contributed by atoms with E-state index < -0.39 is 5.97 Å². The largest absolute Gasteiger partial charge is 0.462 e. The maximum absolute atomic E-state index is 13.5. The van der Waals surface area contributed by atoms with E-state index in [1.54, 1.807) is 6.92 Å². The Morgan fingerprint density at radius 1 is 1.00 bits per heavy atom. The first kappa shape index (κ1) is 22.7. The highest BCUT2D eigenvalue weighted by molar-refractivity contribution is 7.16. The summed E-state index contributed by atoms with van der Waals surface area (Å²) >= 11 is 1.38. The number of anilines is 1. The molecule has 0 spiro atoms. The van der Waals surface area contributed by atoms with E-state index in [0.29, 0.717) is 16.1 Å². The number of aromatic nitrogens is 1. The second-order valence-electron chi connectivity index (χ2n) is 8.03. The molecule has 2 aromatic heterocycles. The van der Waals surface area contributed by atoms with Crippen LogP contribution in [0.25, 0.3) is 22.2 Å². The van der Waals surface area contributed by atoms with Gasteiger partial charge in [0.2, 0.25) is 0 Å². The van der Waals surface area contributed by atoms with Crippen molar-refractivity contribution in [2.45, 2.75) is 34.6 Å². The van der Waals surface area contributed by atoms with Gasteiger partial charge in [-0.25, -0.2) is 9.78 Å². The van der Waals surface area contributed by atoms with Gasteiger partial charge in [-0.2, -0.15) is 0 Å². The monoisotopic (exact) mass is 458 g/mol. The van der Waals surface area contributed by atoms with Gasteiger partial charge in [0.1, 0.15) is 5.00 Å². The zero-order chi connectivity index (χ0) is 23.7. The fourth-order valence-electron chi connectivity index (χ4n) is 3.75. The summed E-state index contributed by atoms with van der Waals surface area (Å²) in [5.41, 5.74) is 6.53. The number of thiophene rings is 1. The van der Waals surface area contributed by atoms with E-state index in [1.165, 1.54) is 16.9 Å². The van der Waals surface area contributed by atoms with Gasteiger partial charge in [0.25, 0.3) is 5.91 Å². The number of carbonyl (C=O) groups excluding carboxylic acids is 2. The van der Waals surface area contributed by atoms with Crippen molar-refractivity contribution in [1.82, 2.24) is 4.98 Å². The van der Waals surface area contributed by atoms with Crippen LogP contribution in [0.1, 0.15) is 49.2 Å². The smallest absolute Gasteiger partial charge is 0.341 e. The molecule has 0 saturated heterocycles. The van der Waals surface area contributed by atoms with Crippen molar-refractivity contribution < 1.29 is 14.3 Å². The van der Waals surface area contributed by atoms with E-state index in [-0.39, 0.29) is 12.5 Å². The molecule has 33 heavy (non-hydrogen) atoms. The normalized spacial score (nSPS) is 10.9. The quantitative estimate of drug-likeness (QED) is 0.341. The van der Waals surface area contributed by atoms with E-state index >= 15 is 0 Å². The van der Waals surface area contributed by atoms with Crippen molar-refractivity contribution in [3.05, 3.63) is 81.2 Å². The molecule has 0 bridgehead atoms. The number of fused-ring (bicyclic) bond motifs is 1. The molecule has 0 aliphatic carbocycles. The Morgan fingerprint density at radius 3 is 2.48 bits per heavy atom. The van der Waals surface area contributed by atoms with Crippen molar-refractivity contribution in [3.8, 4) is 11.3 Å². The molecule has 1 N–H and O–H groups in total. The number of carbonyl (C=O) groups is 2. The van der Waals surface area contributed by atoms with E-state index in [2.05, 4.69) is 31.3 Å². The number of benzene rings is 2. The maximum Gasteiger partial charge on any atom is 0.341 e. The molecule has 2 aromatic carbocycles. The maximum atomic E-state index is 13.5. The van der Waals surface area contributed by atoms with Crippen LogP contribution >= 0.6 is 11.3 Å². The van der Waals surface area contributed by atoms with Crippen LogP contribution in [0.5, 0.6) is 0 Å². The number of aryl methyl sites for hydroxylation is 3. The van der Waals surface area contributed by atoms with Crippen molar-refractivity contribution in [2.24, 2.45) is 0 Å². The van der Waals surface area contributed by atoms with Crippen LogP contribution in [-0.2, 0) is 4.74 Å². The molecule has 0 saturated carbocycles. The average molecular weight is 459 g/mol. The van der Waals surface area contributed by atoms with E-state index in [1.807, 2.05) is 50.2 Å². The third-order valence-corrected chi connectivity index (χ3v) is 6.98. The fraction of sp³-hybridized carbons (Fsp3) is 0.222. The molecule has 4 rings (SSSR count). The summed E-state index contributed by atoms with van der Waals surface area (Å²) in [6.07, 6.45) is 0. The van der Waals surface area contributed by atoms with Crippen LogP contribution in [-0.4, -0.2) is 23.5 Å². The second-order valence-corrected chi connectivity index (χ2v) is 9.26. The molecule has 2 heterocycles. The number of hydrogen-bond donors (Lipinski definition) is 1. The Bertz CT molecular complexity index is 1390. The summed E-state index contributed by atoms with van der Waals surface area (Å²) in [5, 5.41) is 4.23. The highest BCUT2D eigenvalue weighted by Crippen LogP contribution is 2.34. The van der Waals surface area contributed by atoms with Crippen LogP contribution in [0, 0.1) is 27.7 Å². The van der Waals surface area contributed by atoms with Gasteiger partial charge in [-0.3, -0.25) is 4.79 Å². The predicted octanol–water partition coefficient (Wildman–Crippen LogP) is 6.63. The van der Waals surface area contributed by atoms with Gasteiger partial charge in [0, 0.05) is 15.8 Å². The number of esters is 1. The van der Waals surface area contributed by atoms with Crippen molar-refractivity contribution in [2.75, 3.05) is 11.9 Å². The Morgan fingerprint density at radius 2 is 1.76 bits per heavy atom. The van der Waals surface area contributed by atoms with Crippen molar-refractivity contribution in [3.63, 3.8) is 0 Å². The minimum Gasteiger partial charge on any atom is -0.462 e. The summed E-state index contributed by atoms with van der Waals surface area (Å²) in [6.45, 7) is 9.96. The lowest BCUT2D eigenvalue weighted by molar-refractivity contribution is 0.0527. The number of nitrogens with zero attached hydrogens (tertiary/aromatic N) is 1. The topological polar surface area (TPSA) is 68.3 Å². The number of ether oxygens (including phenoxy) is 1. The molecule has 1 amide bonds. The Kier molecular flexibility index (Phi) is 6.29. The molecule has 0 aliphatic rings. The van der Waals surface area contributed by atoms with Crippen LogP contribution in [0.4, 0.5) is 5.00 Å². The molecule has 0 radical (unpaired) electrons. The van der Waals surface area contributed by atoms with Gasteiger partial charge in [-0.05, 0) is 69.5 Å². The lowest BCUT2D eigenvalue weighted by atomic mass is 10.0. The average Bonchev–Trinajstić information content (AvgIpc) is 3.07. The van der Waals surface area contributed by atoms with Gasteiger partial charge >= 0.3 is 5.97 Å². The van der Waals surface area contributed by atoms with Gasteiger partial charge < -0.3 is 10.1 Å². The first-order valence-electron chi connectivity index (χ1n) is 10.9. The van der Waals surface area contributed by atoms with Crippen LogP contribution in [0.15, 0.2) is 48.5 Å². The number of pyridine rings is 1. The summed E-state index contributed by atoms with van der Waals surface area (Å²) in [6, 6.07) is 15.6. The second kappa shape index (κ2) is 9.16. The number of rotatable bonds is 5. The van der Waals surface area contributed by atoms with Crippen LogP contribution < -0.4 is 5.32 Å². The first-order chi connectivity index (χ1) is 15.8. The van der Waals surface area contributed by atoms with Gasteiger partial charge in [0.15, 0.2) is 0 Å². The third-order valence-electron chi connectivity index (χ3n) is 5.86. The van der Waals surface area contributed by atoms with Gasteiger partial charge in [0.05, 0.1) is 28.9 Å². The predicted molar refractivity (Wildman–Crippen MR) is 134 cm³/mol. The Labute approximate surface area is 197 Å². The number of amides is 1. The summed E-state index contributed by atoms with van der Waals surface area (Å²) in [5.74, 6) is -0.712. The van der Waals surface area contributed by atoms with Gasteiger partial charge in [-0.1, -0.05) is 30.3 Å². The van der Waals surface area contributed by atoms with Gasteiger partial charge in [-0.15, -0.1) is 11.3 Å². The number of hydrogen-bond acceptors (Lipinski definition) is 5. The lowest BCUT2D eigenvalue weighted by Gasteiger charge is -2.12. The van der Waals surface area contributed by atoms with E-state index in [0.717, 1.165) is 38.2 Å². The first-order valence-corrected chi connectivity index (χ1v) is 11.7. The summed E-state index contributed by atoms with van der Waals surface area (Å²) < 4.78 is 5.22. The minimum atomic E-state index is -0.426. The molecule has 6 heteroatoms. The van der Waals surface area contributed by atoms with E-state index in [4.69, 9.17) is 9.72 Å². The molecule has 5 nitrogen and oxygen atoms in total. The van der Waals surface area contributed by atoms with Crippen LogP contribution in [0.3, 0.4) is 0 Å². The van der Waals surface area contributed by atoms with E-state index in [9.17, 15) is 9.59 Å². The molecular formula is C27H26N2O3S. The molecule has 4 aromatic rings.